The predicted molar refractivity (Wildman–Crippen MR) is 245 cm³/mol. The third kappa shape index (κ3) is 6.42. The molecule has 8 nitrogen and oxygen atoms in total. The average molecular weight is 855 g/mol. The Balaban J connectivity index is 1.37. The van der Waals surface area contributed by atoms with E-state index in [1.807, 2.05) is 100 Å². The molecule has 0 N–H and O–H groups in total. The van der Waals surface area contributed by atoms with Gasteiger partial charge in [-0.2, -0.15) is 44.7 Å². The number of hydrogen-bond donors (Lipinski definition) is 0. The van der Waals surface area contributed by atoms with Crippen molar-refractivity contribution >= 4 is 43.6 Å². The van der Waals surface area contributed by atoms with Crippen LogP contribution in [0.4, 0.5) is 13.2 Å². The van der Waals surface area contributed by atoms with E-state index in [1.54, 1.807) is 24.3 Å². The van der Waals surface area contributed by atoms with Crippen molar-refractivity contribution in [1.82, 2.24) is 9.13 Å². The van der Waals surface area contributed by atoms with Gasteiger partial charge < -0.3 is 9.13 Å². The third-order valence-electron chi connectivity index (χ3n) is 11.9. The summed E-state index contributed by atoms with van der Waals surface area (Å²) in [6, 6.07) is 55.2. The quantitative estimate of drug-likeness (QED) is 0.168. The molecule has 2 aromatic heterocycles. The van der Waals surface area contributed by atoms with Crippen molar-refractivity contribution in [2.75, 3.05) is 0 Å². The van der Waals surface area contributed by atoms with Gasteiger partial charge in [0.05, 0.1) is 97.2 Å². The Kier molecular flexibility index (Phi) is 9.41. The number of halogens is 3. The first-order valence-electron chi connectivity index (χ1n) is 20.2. The summed E-state index contributed by atoms with van der Waals surface area (Å²) in [6.45, 7) is 0. The highest BCUT2D eigenvalue weighted by Crippen LogP contribution is 2.45. The predicted octanol–water partition coefficient (Wildman–Crippen LogP) is 13.1. The number of hydrogen-bond acceptors (Lipinski definition) is 6. The second kappa shape index (κ2) is 15.5. The molecule has 11 heteroatoms. The van der Waals surface area contributed by atoms with Crippen LogP contribution in [0.25, 0.3) is 88.4 Å². The first kappa shape index (κ1) is 40.2. The van der Waals surface area contributed by atoms with Crippen LogP contribution in [-0.4, -0.2) is 9.13 Å². The van der Waals surface area contributed by atoms with Crippen LogP contribution in [0.5, 0.6) is 0 Å². The van der Waals surface area contributed by atoms with Crippen LogP contribution in [0.1, 0.15) is 38.9 Å². The molecule has 0 saturated carbocycles. The highest BCUT2D eigenvalue weighted by atomic mass is 19.4. The van der Waals surface area contributed by atoms with E-state index in [4.69, 9.17) is 0 Å². The number of nitriles is 6. The second-order valence-electron chi connectivity index (χ2n) is 15.6. The van der Waals surface area contributed by atoms with Gasteiger partial charge in [0.1, 0.15) is 11.6 Å². The molecule has 0 spiro atoms. The molecule has 10 aromatic rings. The molecule has 306 valence electrons. The van der Waals surface area contributed by atoms with Gasteiger partial charge in [-0.3, -0.25) is 0 Å². The lowest BCUT2D eigenvalue weighted by molar-refractivity contribution is -0.137. The molecule has 0 aliphatic rings. The van der Waals surface area contributed by atoms with E-state index in [0.717, 1.165) is 27.6 Å². The van der Waals surface area contributed by atoms with E-state index in [2.05, 4.69) is 30.3 Å². The molecule has 10 rings (SSSR count). The summed E-state index contributed by atoms with van der Waals surface area (Å²) in [5.74, 6) is 0. The molecule has 0 fully saturated rings. The Morgan fingerprint density at radius 3 is 1.21 bits per heavy atom. The van der Waals surface area contributed by atoms with Crippen LogP contribution in [0.2, 0.25) is 0 Å². The highest BCUT2D eigenvalue weighted by molar-refractivity contribution is 6.12. The molecule has 0 saturated heterocycles. The first-order chi connectivity index (χ1) is 32.1. The van der Waals surface area contributed by atoms with Crippen molar-refractivity contribution in [1.29, 1.82) is 31.6 Å². The summed E-state index contributed by atoms with van der Waals surface area (Å²) >= 11 is 0. The van der Waals surface area contributed by atoms with Crippen LogP contribution < -0.4 is 0 Å². The minimum absolute atomic E-state index is 0.0217. The fourth-order valence-corrected chi connectivity index (χ4v) is 9.08. The minimum Gasteiger partial charge on any atom is -0.308 e. The Labute approximate surface area is 374 Å². The number of alkyl halides is 3. The Bertz CT molecular complexity index is 3740. The van der Waals surface area contributed by atoms with Crippen molar-refractivity contribution in [3.8, 4) is 81.2 Å². The Morgan fingerprint density at radius 2 is 0.803 bits per heavy atom. The zero-order chi connectivity index (χ0) is 45.9. The summed E-state index contributed by atoms with van der Waals surface area (Å²) in [5.41, 5.74) is 4.93. The minimum atomic E-state index is -4.87. The maximum Gasteiger partial charge on any atom is 0.417 e. The smallest absolute Gasteiger partial charge is 0.308 e. The van der Waals surface area contributed by atoms with Crippen LogP contribution >= 0.6 is 0 Å². The van der Waals surface area contributed by atoms with Crippen molar-refractivity contribution in [3.63, 3.8) is 0 Å². The molecular formula is C55H25F3N8. The summed E-state index contributed by atoms with van der Waals surface area (Å²) in [7, 11) is 0. The highest BCUT2D eigenvalue weighted by Gasteiger charge is 2.35. The molecule has 66 heavy (non-hydrogen) atoms. The molecule has 0 aliphatic heterocycles. The second-order valence-corrected chi connectivity index (χ2v) is 15.6. The van der Waals surface area contributed by atoms with Crippen molar-refractivity contribution in [2.45, 2.75) is 6.18 Å². The van der Waals surface area contributed by atoms with E-state index in [-0.39, 0.29) is 55.9 Å². The van der Waals surface area contributed by atoms with Gasteiger partial charge in [-0.1, -0.05) is 66.7 Å². The average Bonchev–Trinajstić information content (AvgIpc) is 3.86. The maximum atomic E-state index is 15.2. The molecule has 8 aromatic carbocycles. The summed E-state index contributed by atoms with van der Waals surface area (Å²) in [4.78, 5) is 0. The number of fused-ring (bicyclic) bond motifs is 6. The molecule has 2 heterocycles. The number of aromatic nitrogens is 2. The summed E-state index contributed by atoms with van der Waals surface area (Å²) in [6.07, 6.45) is -4.87. The Hall–Kier alpha value is -9.91. The number of para-hydroxylation sites is 2. The molecule has 0 atom stereocenters. The van der Waals surface area contributed by atoms with Gasteiger partial charge in [0.25, 0.3) is 0 Å². The van der Waals surface area contributed by atoms with Crippen molar-refractivity contribution < 1.29 is 13.2 Å². The fourth-order valence-electron chi connectivity index (χ4n) is 9.08. The van der Waals surface area contributed by atoms with Crippen LogP contribution in [0.3, 0.4) is 0 Å². The van der Waals surface area contributed by atoms with E-state index in [0.29, 0.717) is 44.3 Å². The van der Waals surface area contributed by atoms with Gasteiger partial charge in [0.2, 0.25) is 0 Å². The number of rotatable bonds is 5. The standard InChI is InChI=1S/C55H25F3N8/c56-55(57,58)47-9-5-6-38(30-63)54(47)41-24-52(65-48-10-3-1-7-42(48)44-14-12-36(22-50(44)65)39-18-32(26-59)16-33(19-39)27-60)46(31-64)53(25-41)66-49-11-4-2-8-43(49)45-15-13-37(23-51(45)66)40-20-34(28-61)17-35(21-40)29-62/h1-25H. The van der Waals surface area contributed by atoms with E-state index in [9.17, 15) is 31.6 Å². The molecule has 0 aliphatic carbocycles. The van der Waals surface area contributed by atoms with Crippen LogP contribution in [-0.2, 0) is 6.18 Å². The van der Waals surface area contributed by atoms with Crippen LogP contribution in [0.15, 0.2) is 152 Å². The van der Waals surface area contributed by atoms with Gasteiger partial charge >= 0.3 is 6.18 Å². The van der Waals surface area contributed by atoms with Crippen molar-refractivity contribution in [3.05, 3.63) is 191 Å². The van der Waals surface area contributed by atoms with Gasteiger partial charge in [-0.25, -0.2) is 0 Å². The van der Waals surface area contributed by atoms with E-state index in [1.165, 1.54) is 36.4 Å². The topological polar surface area (TPSA) is 153 Å². The van der Waals surface area contributed by atoms with Gasteiger partial charge in [0, 0.05) is 27.1 Å². The number of nitrogens with zero attached hydrogens (tertiary/aromatic N) is 8. The SMILES string of the molecule is N#Cc1cc(C#N)cc(-c2ccc3c4ccccc4n(-c4cc(-c5c(C#N)cccc5C(F)(F)F)cc(-n5c6ccccc6c6ccc(-c7cc(C#N)cc(C#N)c7)cc65)c4C#N)c3c2)c1. The molecule has 0 bridgehead atoms. The van der Waals surface area contributed by atoms with Gasteiger partial charge in [0.15, 0.2) is 0 Å². The lowest BCUT2D eigenvalue weighted by atomic mass is 9.92. The fraction of sp³-hybridized carbons (Fsp3) is 0.0182. The summed E-state index contributed by atoms with van der Waals surface area (Å²) < 4.78 is 49.1. The summed E-state index contributed by atoms with van der Waals surface area (Å²) in [5, 5.41) is 64.2. The normalized spacial score (nSPS) is 11.2. The molecule has 0 amide bonds. The van der Waals surface area contributed by atoms with Gasteiger partial charge in [-0.05, 0) is 113 Å². The zero-order valence-electron chi connectivity index (χ0n) is 34.1. The molecule has 0 unspecified atom stereocenters. The largest absolute Gasteiger partial charge is 0.417 e. The van der Waals surface area contributed by atoms with Gasteiger partial charge in [-0.15, -0.1) is 0 Å². The van der Waals surface area contributed by atoms with E-state index < -0.39 is 11.7 Å². The monoisotopic (exact) mass is 854 g/mol. The maximum absolute atomic E-state index is 15.2. The van der Waals surface area contributed by atoms with Crippen molar-refractivity contribution in [2.24, 2.45) is 0 Å². The lowest BCUT2D eigenvalue weighted by Gasteiger charge is -2.21. The Morgan fingerprint density at radius 1 is 0.364 bits per heavy atom. The van der Waals surface area contributed by atoms with Crippen LogP contribution in [0, 0.1) is 68.0 Å². The van der Waals surface area contributed by atoms with E-state index >= 15 is 13.2 Å². The molecular weight excluding hydrogens is 830 g/mol. The lowest BCUT2D eigenvalue weighted by Crippen LogP contribution is -2.10. The molecule has 0 radical (unpaired) electrons. The first-order valence-corrected chi connectivity index (χ1v) is 20.2. The zero-order valence-corrected chi connectivity index (χ0v) is 34.1. The third-order valence-corrected chi connectivity index (χ3v) is 11.9. The number of benzene rings is 8.